The number of benzene rings is 1. The molecular weight excluding hydrogens is 328 g/mol. The van der Waals surface area contributed by atoms with E-state index in [2.05, 4.69) is 34.1 Å². The fourth-order valence-electron chi connectivity index (χ4n) is 7.32. The van der Waals surface area contributed by atoms with Gasteiger partial charge in [-0.3, -0.25) is 9.59 Å². The monoisotopic (exact) mass is 348 g/mol. The lowest BCUT2D eigenvalue weighted by Gasteiger charge is -2.58. The Balaban J connectivity index is 1.57. The van der Waals surface area contributed by atoms with Crippen LogP contribution in [0.5, 0.6) is 0 Å². The van der Waals surface area contributed by atoms with Gasteiger partial charge in [0.1, 0.15) is 0 Å². The molecule has 1 spiro atoms. The minimum absolute atomic E-state index is 0.0168. The van der Waals surface area contributed by atoms with Gasteiger partial charge >= 0.3 is 0 Å². The maximum atomic E-state index is 13.2. The summed E-state index contributed by atoms with van der Waals surface area (Å²) in [4.78, 5) is 30.4. The van der Waals surface area contributed by atoms with Crippen molar-refractivity contribution in [2.24, 2.45) is 11.8 Å². The minimum Gasteiger partial charge on any atom is -0.373 e. The summed E-state index contributed by atoms with van der Waals surface area (Å²) in [6.45, 7) is 1.32. The van der Waals surface area contributed by atoms with E-state index in [9.17, 15) is 9.59 Å². The predicted molar refractivity (Wildman–Crippen MR) is 93.5 cm³/mol. The number of fused-ring (bicyclic) bond motifs is 2. The van der Waals surface area contributed by atoms with Gasteiger partial charge in [-0.1, -0.05) is 24.3 Å². The highest BCUT2D eigenvalue weighted by Crippen LogP contribution is 2.65. The highest BCUT2D eigenvalue weighted by molar-refractivity contribution is 6.00. The summed E-state index contributed by atoms with van der Waals surface area (Å²) in [6, 6.07) is 8.59. The van der Waals surface area contributed by atoms with Crippen molar-refractivity contribution in [3.05, 3.63) is 41.5 Å². The van der Waals surface area contributed by atoms with Crippen molar-refractivity contribution in [3.63, 3.8) is 0 Å². The molecule has 2 amide bonds. The molecule has 6 atom stereocenters. The number of hydrogen-bond donors (Lipinski definition) is 0. The van der Waals surface area contributed by atoms with E-state index in [4.69, 9.17) is 4.74 Å². The van der Waals surface area contributed by atoms with Crippen LogP contribution in [0.3, 0.4) is 0 Å². The number of carbonyl (C=O) groups excluding carboxylic acids is 2. The minimum atomic E-state index is -0.248. The Kier molecular flexibility index (Phi) is 2.27. The van der Waals surface area contributed by atoms with Gasteiger partial charge in [0.05, 0.1) is 25.2 Å². The Morgan fingerprint density at radius 1 is 1.15 bits per heavy atom. The molecule has 26 heavy (non-hydrogen) atoms. The first-order valence-electron chi connectivity index (χ1n) is 9.72. The molecule has 132 valence electrons. The summed E-state index contributed by atoms with van der Waals surface area (Å²) in [5.74, 6) is 1.17. The van der Waals surface area contributed by atoms with Crippen molar-refractivity contribution >= 4 is 17.5 Å². The van der Waals surface area contributed by atoms with Crippen LogP contribution < -0.4 is 4.90 Å². The van der Waals surface area contributed by atoms with Crippen LogP contribution in [-0.2, 0) is 19.7 Å². The summed E-state index contributed by atoms with van der Waals surface area (Å²) in [7, 11) is 0. The number of hydrogen-bond acceptors (Lipinski definition) is 3. The van der Waals surface area contributed by atoms with Crippen LogP contribution in [0.25, 0.3) is 0 Å². The number of anilines is 1. The summed E-state index contributed by atoms with van der Waals surface area (Å²) in [5, 5.41) is 0. The van der Waals surface area contributed by atoms with Crippen LogP contribution in [0.2, 0.25) is 0 Å². The zero-order valence-electron chi connectivity index (χ0n) is 14.4. The van der Waals surface area contributed by atoms with E-state index in [-0.39, 0.29) is 35.4 Å². The number of piperidine rings is 2. The Hall–Kier alpha value is -2.14. The molecule has 5 heteroatoms. The number of carbonyl (C=O) groups is 2. The fraction of sp³-hybridized carbons (Fsp3) is 0.524. The summed E-state index contributed by atoms with van der Waals surface area (Å²) >= 11 is 0. The first kappa shape index (κ1) is 14.0. The normalized spacial score (nSPS) is 44.0. The van der Waals surface area contributed by atoms with Gasteiger partial charge in [0, 0.05) is 36.0 Å². The average Bonchev–Trinajstić information content (AvgIpc) is 3.03. The number of nitrogens with zero attached hydrogens (tertiary/aromatic N) is 2. The van der Waals surface area contributed by atoms with Crippen LogP contribution in [0, 0.1) is 11.8 Å². The molecule has 5 nitrogen and oxygen atoms in total. The Morgan fingerprint density at radius 3 is 2.96 bits per heavy atom. The standard InChI is InChI=1S/C21H20N2O3/c24-17-8-15-19-12-7-16-21(9-18(25)22(16)10-11(12)5-6-26-15)13-3-1-2-4-14(13)23(17)20(19)21/h1-5,12,15-16,19-20H,6-10H2. The van der Waals surface area contributed by atoms with Crippen molar-refractivity contribution in [3.8, 4) is 0 Å². The van der Waals surface area contributed by atoms with Gasteiger partial charge in [-0.2, -0.15) is 0 Å². The zero-order valence-corrected chi connectivity index (χ0v) is 14.4. The van der Waals surface area contributed by atoms with Crippen molar-refractivity contribution < 1.29 is 14.3 Å². The van der Waals surface area contributed by atoms with Gasteiger partial charge in [-0.05, 0) is 29.5 Å². The van der Waals surface area contributed by atoms with Crippen molar-refractivity contribution in [1.29, 1.82) is 0 Å². The smallest absolute Gasteiger partial charge is 0.229 e. The lowest BCUT2D eigenvalue weighted by atomic mass is 9.53. The third-order valence-electron chi connectivity index (χ3n) is 8.07. The summed E-state index contributed by atoms with van der Waals surface area (Å²) in [6.07, 6.45) is 4.19. The van der Waals surface area contributed by atoms with Gasteiger partial charge in [0.2, 0.25) is 11.8 Å². The molecule has 0 radical (unpaired) electrons. The van der Waals surface area contributed by atoms with E-state index in [0.29, 0.717) is 31.3 Å². The molecule has 0 N–H and O–H groups in total. The summed E-state index contributed by atoms with van der Waals surface area (Å²) < 4.78 is 6.19. The van der Waals surface area contributed by atoms with E-state index in [1.54, 1.807) is 0 Å². The van der Waals surface area contributed by atoms with Crippen molar-refractivity contribution in [2.75, 3.05) is 18.1 Å². The number of ether oxygens (including phenoxy) is 1. The van der Waals surface area contributed by atoms with Gasteiger partial charge in [-0.25, -0.2) is 0 Å². The molecular formula is C21H20N2O3. The topological polar surface area (TPSA) is 49.9 Å². The van der Waals surface area contributed by atoms with E-state index in [1.165, 1.54) is 11.1 Å². The summed E-state index contributed by atoms with van der Waals surface area (Å²) in [5.41, 5.74) is 3.37. The van der Waals surface area contributed by atoms with Crippen LogP contribution in [0.1, 0.15) is 24.8 Å². The van der Waals surface area contributed by atoms with E-state index in [1.807, 2.05) is 6.07 Å². The third kappa shape index (κ3) is 1.29. The van der Waals surface area contributed by atoms with Gasteiger partial charge in [0.15, 0.2) is 0 Å². The fourth-order valence-corrected chi connectivity index (χ4v) is 7.32. The Bertz CT molecular complexity index is 924. The van der Waals surface area contributed by atoms with Gasteiger partial charge in [0.25, 0.3) is 0 Å². The van der Waals surface area contributed by atoms with E-state index >= 15 is 0 Å². The number of amides is 2. The third-order valence-corrected chi connectivity index (χ3v) is 8.07. The molecule has 1 aromatic carbocycles. The highest BCUT2D eigenvalue weighted by atomic mass is 16.5. The molecule has 5 heterocycles. The molecule has 1 saturated carbocycles. The maximum Gasteiger partial charge on any atom is 0.229 e. The average molecular weight is 348 g/mol. The van der Waals surface area contributed by atoms with E-state index in [0.717, 1.165) is 18.7 Å². The largest absolute Gasteiger partial charge is 0.373 e. The van der Waals surface area contributed by atoms with Crippen LogP contribution in [-0.4, -0.2) is 48.1 Å². The molecule has 4 fully saturated rings. The second-order valence-electron chi connectivity index (χ2n) is 8.75. The lowest BCUT2D eigenvalue weighted by Crippen LogP contribution is -2.69. The maximum absolute atomic E-state index is 13.2. The molecule has 1 aromatic rings. The quantitative estimate of drug-likeness (QED) is 0.670. The molecule has 2 bridgehead atoms. The molecule has 3 saturated heterocycles. The van der Waals surface area contributed by atoms with Crippen LogP contribution in [0.15, 0.2) is 35.9 Å². The predicted octanol–water partition coefficient (Wildman–Crippen LogP) is 1.62. The first-order chi connectivity index (χ1) is 12.7. The second-order valence-corrected chi connectivity index (χ2v) is 8.75. The van der Waals surface area contributed by atoms with E-state index < -0.39 is 0 Å². The Labute approximate surface area is 151 Å². The second kappa shape index (κ2) is 4.22. The molecule has 0 aromatic heterocycles. The van der Waals surface area contributed by atoms with Crippen molar-refractivity contribution in [2.45, 2.75) is 42.9 Å². The number of rotatable bonds is 0. The number of para-hydroxylation sites is 1. The molecule has 1 aliphatic carbocycles. The van der Waals surface area contributed by atoms with Crippen molar-refractivity contribution in [1.82, 2.24) is 4.90 Å². The Morgan fingerprint density at radius 2 is 2.04 bits per heavy atom. The zero-order chi connectivity index (χ0) is 17.2. The van der Waals surface area contributed by atoms with Gasteiger partial charge < -0.3 is 14.5 Å². The molecule has 7 rings (SSSR count). The van der Waals surface area contributed by atoms with Crippen LogP contribution >= 0.6 is 0 Å². The first-order valence-corrected chi connectivity index (χ1v) is 9.72. The SMILES string of the molecule is O=C1CC23c4ccccc4N4C(=O)CC5OCC=C6CN1C2CC6C5C43. The molecule has 5 aliphatic heterocycles. The van der Waals surface area contributed by atoms with Crippen LogP contribution in [0.4, 0.5) is 5.69 Å². The highest BCUT2D eigenvalue weighted by Gasteiger charge is 2.72. The lowest BCUT2D eigenvalue weighted by molar-refractivity contribution is -0.133. The molecule has 6 unspecified atom stereocenters. The molecule has 6 aliphatic rings. The van der Waals surface area contributed by atoms with Gasteiger partial charge in [-0.15, -0.1) is 0 Å².